The third-order valence-corrected chi connectivity index (χ3v) is 8.87. The Kier molecular flexibility index (Phi) is 22.3. The molecule has 11 N–H and O–H groups in total. The molecule has 0 heterocycles. The number of esters is 2. The highest BCUT2D eigenvalue weighted by Crippen LogP contribution is 2.21. The zero-order valence-electron chi connectivity index (χ0n) is 36.5. The van der Waals surface area contributed by atoms with Gasteiger partial charge >= 0.3 is 11.9 Å². The molecule has 0 bridgehead atoms. The Labute approximate surface area is 382 Å². The summed E-state index contributed by atoms with van der Waals surface area (Å²) in [5.74, 6) is 0.0575. The Balaban J connectivity index is 0.898. The third kappa shape index (κ3) is 21.1. The van der Waals surface area contributed by atoms with Crippen LogP contribution in [-0.2, 0) is 23.9 Å². The number of hydrogen-bond acceptors (Lipinski definition) is 13. The van der Waals surface area contributed by atoms with E-state index in [1.807, 2.05) is 0 Å². The van der Waals surface area contributed by atoms with Crippen molar-refractivity contribution in [1.29, 1.82) is 0 Å². The van der Waals surface area contributed by atoms with E-state index in [9.17, 15) is 24.0 Å². The number of carbonyl (C=O) groups excluding carboxylic acids is 5. The standard InChI is InChI=1S/C46H57N9O11/c47-45(48)54-34-11-19-38(20-12-34)65-43(59)32-7-15-36(16-8-32)63-28-24-52-40(56)4-1-2-26-61-30-31-62-27-23-51-41(57)5-3-6-42(58)53-25-29-64-37-17-9-33(10-18-37)44(60)66-39-21-13-35(14-22-39)55-46(49)50/h7-22H,1-6,23-31H2,(H,51,57)(H,52,56)(H,53,58)(H4,47,48,54)(H4,49,50,55). The Morgan fingerprint density at radius 1 is 0.409 bits per heavy atom. The van der Waals surface area contributed by atoms with Crippen LogP contribution in [0.4, 0.5) is 11.4 Å². The van der Waals surface area contributed by atoms with Crippen molar-refractivity contribution in [2.75, 3.05) is 59.3 Å². The average Bonchev–Trinajstić information content (AvgIpc) is 3.29. The van der Waals surface area contributed by atoms with Gasteiger partial charge in [-0.3, -0.25) is 14.4 Å². The lowest BCUT2D eigenvalue weighted by Gasteiger charge is -2.09. The lowest BCUT2D eigenvalue weighted by atomic mass is 10.2. The van der Waals surface area contributed by atoms with Crippen LogP contribution in [0.25, 0.3) is 0 Å². The number of rotatable bonds is 29. The summed E-state index contributed by atoms with van der Waals surface area (Å²) >= 11 is 0. The SMILES string of the molecule is NC(N)=Nc1ccc(OC(=O)c2ccc(OCCNC(=O)CCCCOCCOCCNC(=O)CCCC(=O)NCCOc3ccc(C(=O)Oc4ccc(N=C(N)N)cc4)cc3)cc2)cc1. The molecular weight excluding hydrogens is 855 g/mol. The Morgan fingerprint density at radius 2 is 0.773 bits per heavy atom. The van der Waals surface area contributed by atoms with Crippen LogP contribution in [0.15, 0.2) is 107 Å². The number of benzene rings is 4. The minimum atomic E-state index is -0.545. The topological polar surface area (TPSA) is 306 Å². The van der Waals surface area contributed by atoms with Crippen LogP contribution in [0.5, 0.6) is 23.0 Å². The minimum absolute atomic E-state index is 0.0706. The van der Waals surface area contributed by atoms with Gasteiger partial charge in [0.25, 0.3) is 0 Å². The van der Waals surface area contributed by atoms with Crippen molar-refractivity contribution in [2.24, 2.45) is 32.9 Å². The molecule has 4 aromatic carbocycles. The van der Waals surface area contributed by atoms with Gasteiger partial charge in [0.1, 0.15) is 36.2 Å². The van der Waals surface area contributed by atoms with Crippen molar-refractivity contribution in [3.63, 3.8) is 0 Å². The maximum atomic E-state index is 12.5. The maximum absolute atomic E-state index is 12.5. The molecule has 0 aliphatic heterocycles. The summed E-state index contributed by atoms with van der Waals surface area (Å²) in [6.07, 6.45) is 2.51. The summed E-state index contributed by atoms with van der Waals surface area (Å²) in [7, 11) is 0. The van der Waals surface area contributed by atoms with Crippen LogP contribution in [0, 0.1) is 0 Å². The Hall–Kier alpha value is -7.71. The first-order valence-electron chi connectivity index (χ1n) is 21.2. The van der Waals surface area contributed by atoms with Gasteiger partial charge in [0, 0.05) is 32.4 Å². The Morgan fingerprint density at radius 3 is 1.18 bits per heavy atom. The van der Waals surface area contributed by atoms with Crippen LogP contribution in [0.3, 0.4) is 0 Å². The first-order valence-corrected chi connectivity index (χ1v) is 21.2. The normalized spacial score (nSPS) is 10.5. The molecule has 20 heteroatoms. The number of nitrogens with two attached hydrogens (primary N) is 4. The third-order valence-electron chi connectivity index (χ3n) is 8.87. The van der Waals surface area contributed by atoms with Gasteiger partial charge < -0.3 is 67.3 Å². The van der Waals surface area contributed by atoms with Crippen molar-refractivity contribution < 1.29 is 52.4 Å². The van der Waals surface area contributed by atoms with Gasteiger partial charge in [-0.05, 0) is 116 Å². The van der Waals surface area contributed by atoms with Crippen molar-refractivity contribution in [1.82, 2.24) is 16.0 Å². The summed E-state index contributed by atoms with van der Waals surface area (Å²) < 4.78 is 33.1. The van der Waals surface area contributed by atoms with Gasteiger partial charge in [-0.1, -0.05) is 0 Å². The van der Waals surface area contributed by atoms with E-state index in [2.05, 4.69) is 25.9 Å². The summed E-state index contributed by atoms with van der Waals surface area (Å²) in [5.41, 5.74) is 23.2. The second-order valence-electron chi connectivity index (χ2n) is 14.2. The van der Waals surface area contributed by atoms with Crippen molar-refractivity contribution in [3.8, 4) is 23.0 Å². The highest BCUT2D eigenvalue weighted by Gasteiger charge is 2.12. The van der Waals surface area contributed by atoms with E-state index >= 15 is 0 Å². The fraction of sp³-hybridized carbons (Fsp3) is 0.326. The average molecular weight is 912 g/mol. The largest absolute Gasteiger partial charge is 0.492 e. The van der Waals surface area contributed by atoms with E-state index in [1.165, 1.54) is 0 Å². The fourth-order valence-electron chi connectivity index (χ4n) is 5.65. The molecule has 20 nitrogen and oxygen atoms in total. The second-order valence-corrected chi connectivity index (χ2v) is 14.2. The quantitative estimate of drug-likeness (QED) is 0.0135. The second kappa shape index (κ2) is 28.9. The number of carbonyl (C=O) groups is 5. The molecule has 66 heavy (non-hydrogen) atoms. The molecule has 3 amide bonds. The molecule has 0 atom stereocenters. The number of unbranched alkanes of at least 4 members (excludes halogenated alkanes) is 1. The molecule has 0 unspecified atom stereocenters. The molecule has 0 aliphatic carbocycles. The zero-order chi connectivity index (χ0) is 47.4. The molecule has 0 saturated carbocycles. The molecule has 0 aromatic heterocycles. The molecule has 0 radical (unpaired) electrons. The molecule has 0 aliphatic rings. The molecular formula is C46H57N9O11. The van der Waals surface area contributed by atoms with Crippen LogP contribution in [-0.4, -0.2) is 101 Å². The minimum Gasteiger partial charge on any atom is -0.492 e. The zero-order valence-corrected chi connectivity index (χ0v) is 36.5. The fourth-order valence-corrected chi connectivity index (χ4v) is 5.65. The summed E-state index contributed by atoms with van der Waals surface area (Å²) in [6.45, 7) is 2.97. The van der Waals surface area contributed by atoms with Crippen molar-refractivity contribution >= 4 is 53.0 Å². The highest BCUT2D eigenvalue weighted by molar-refractivity contribution is 5.92. The number of amides is 3. The van der Waals surface area contributed by atoms with E-state index in [0.29, 0.717) is 111 Å². The van der Waals surface area contributed by atoms with E-state index in [0.717, 1.165) is 0 Å². The van der Waals surface area contributed by atoms with Gasteiger partial charge in [-0.15, -0.1) is 0 Å². The van der Waals surface area contributed by atoms with Crippen LogP contribution in [0.1, 0.15) is 59.2 Å². The van der Waals surface area contributed by atoms with Gasteiger partial charge in [-0.25, -0.2) is 19.6 Å². The van der Waals surface area contributed by atoms with E-state index in [1.54, 1.807) is 97.1 Å². The lowest BCUT2D eigenvalue weighted by Crippen LogP contribution is -2.29. The first kappa shape index (κ1) is 50.9. The van der Waals surface area contributed by atoms with Gasteiger partial charge in [0.05, 0.1) is 55.4 Å². The van der Waals surface area contributed by atoms with E-state index in [-0.39, 0.29) is 62.2 Å². The molecule has 352 valence electrons. The van der Waals surface area contributed by atoms with Crippen molar-refractivity contribution in [3.05, 3.63) is 108 Å². The van der Waals surface area contributed by atoms with Crippen molar-refractivity contribution in [2.45, 2.75) is 38.5 Å². The maximum Gasteiger partial charge on any atom is 0.343 e. The van der Waals surface area contributed by atoms with Crippen LogP contribution in [0.2, 0.25) is 0 Å². The summed E-state index contributed by atoms with van der Waals surface area (Å²) in [6, 6.07) is 25.7. The first-order chi connectivity index (χ1) is 31.9. The van der Waals surface area contributed by atoms with Gasteiger partial charge in [-0.2, -0.15) is 0 Å². The molecule has 4 aromatic rings. The number of ether oxygens (including phenoxy) is 6. The van der Waals surface area contributed by atoms with Crippen LogP contribution >= 0.6 is 0 Å². The number of hydrogen-bond donors (Lipinski definition) is 7. The highest BCUT2D eigenvalue weighted by atomic mass is 16.5. The Bertz CT molecular complexity index is 2200. The predicted molar refractivity (Wildman–Crippen MR) is 246 cm³/mol. The molecule has 4 rings (SSSR count). The molecule has 0 saturated heterocycles. The summed E-state index contributed by atoms with van der Waals surface area (Å²) in [4.78, 5) is 69.2. The van der Waals surface area contributed by atoms with E-state index < -0.39 is 11.9 Å². The lowest BCUT2D eigenvalue weighted by molar-refractivity contribution is -0.123. The number of nitrogens with one attached hydrogen (secondary N) is 3. The van der Waals surface area contributed by atoms with Gasteiger partial charge in [0.15, 0.2) is 11.9 Å². The van der Waals surface area contributed by atoms with Gasteiger partial charge in [0.2, 0.25) is 17.7 Å². The number of aliphatic imine (C=N–C) groups is 2. The molecule has 0 fully saturated rings. The molecule has 0 spiro atoms. The summed E-state index contributed by atoms with van der Waals surface area (Å²) in [5, 5.41) is 8.34. The smallest absolute Gasteiger partial charge is 0.343 e. The number of guanidine groups is 2. The van der Waals surface area contributed by atoms with E-state index in [4.69, 9.17) is 51.4 Å². The predicted octanol–water partition coefficient (Wildman–Crippen LogP) is 3.12. The monoisotopic (exact) mass is 911 g/mol. The van der Waals surface area contributed by atoms with Crippen LogP contribution < -0.4 is 57.8 Å². The number of nitrogens with zero attached hydrogens (tertiary/aromatic N) is 2.